The van der Waals surface area contributed by atoms with Crippen LogP contribution in [0.1, 0.15) is 29.8 Å². The Labute approximate surface area is 136 Å². The van der Waals surface area contributed by atoms with E-state index < -0.39 is 0 Å². The topological polar surface area (TPSA) is 80.4 Å². The smallest absolute Gasteiger partial charge is 0.255 e. The van der Waals surface area contributed by atoms with Crippen molar-refractivity contribution in [2.75, 3.05) is 5.32 Å². The number of pyridine rings is 1. The van der Waals surface area contributed by atoms with E-state index in [0.29, 0.717) is 17.1 Å². The van der Waals surface area contributed by atoms with Crippen molar-refractivity contribution in [2.24, 2.45) is 10.7 Å². The monoisotopic (exact) mass is 318 g/mol. The second-order valence-corrected chi connectivity index (χ2v) is 4.88. The van der Waals surface area contributed by atoms with Crippen molar-refractivity contribution in [3.63, 3.8) is 0 Å². The SMILES string of the molecule is CC(C)N=C(N)c1ccc(C(=O)Nc2cccnc2)cc1.Cl. The number of hydrogen-bond acceptors (Lipinski definition) is 3. The highest BCUT2D eigenvalue weighted by Gasteiger charge is 2.07. The Morgan fingerprint density at radius 2 is 1.82 bits per heavy atom. The summed E-state index contributed by atoms with van der Waals surface area (Å²) >= 11 is 0. The lowest BCUT2D eigenvalue weighted by molar-refractivity contribution is 0.102. The second kappa shape index (κ2) is 8.14. The molecular formula is C16H19ClN4O. The standard InChI is InChI=1S/C16H18N4O.ClH/c1-11(2)19-15(17)12-5-7-13(8-6-12)16(21)20-14-4-3-9-18-10-14;/h3-11H,1-2H3,(H2,17,19)(H,20,21);1H. The van der Waals surface area contributed by atoms with Crippen molar-refractivity contribution in [3.8, 4) is 0 Å². The first-order chi connectivity index (χ1) is 10.1. The van der Waals surface area contributed by atoms with Gasteiger partial charge in [0.1, 0.15) is 5.84 Å². The molecule has 1 aromatic carbocycles. The van der Waals surface area contributed by atoms with Crippen LogP contribution in [0.4, 0.5) is 5.69 Å². The van der Waals surface area contributed by atoms with Crippen molar-refractivity contribution >= 4 is 29.8 Å². The molecule has 0 aliphatic heterocycles. The molecule has 0 atom stereocenters. The van der Waals surface area contributed by atoms with Crippen molar-refractivity contribution < 1.29 is 4.79 Å². The van der Waals surface area contributed by atoms with E-state index in [9.17, 15) is 4.79 Å². The number of anilines is 1. The zero-order valence-corrected chi connectivity index (χ0v) is 13.3. The Kier molecular flexibility index (Phi) is 6.53. The summed E-state index contributed by atoms with van der Waals surface area (Å²) in [5, 5.41) is 2.78. The molecule has 0 saturated heterocycles. The maximum absolute atomic E-state index is 12.1. The molecule has 6 heteroatoms. The van der Waals surface area contributed by atoms with Gasteiger partial charge in [-0.05, 0) is 38.1 Å². The van der Waals surface area contributed by atoms with Crippen molar-refractivity contribution in [3.05, 3.63) is 59.9 Å². The predicted octanol–water partition coefficient (Wildman–Crippen LogP) is 2.87. The van der Waals surface area contributed by atoms with Gasteiger partial charge in [-0.2, -0.15) is 0 Å². The molecule has 0 unspecified atom stereocenters. The summed E-state index contributed by atoms with van der Waals surface area (Å²) in [6.07, 6.45) is 3.25. The number of carbonyl (C=O) groups is 1. The third-order valence-electron chi connectivity index (χ3n) is 2.76. The lowest BCUT2D eigenvalue weighted by Crippen LogP contribution is -2.16. The summed E-state index contributed by atoms with van der Waals surface area (Å²) in [6.45, 7) is 3.92. The zero-order chi connectivity index (χ0) is 15.2. The molecule has 0 fully saturated rings. The average Bonchev–Trinajstić information content (AvgIpc) is 2.47. The van der Waals surface area contributed by atoms with Gasteiger partial charge in [-0.15, -0.1) is 12.4 Å². The molecular weight excluding hydrogens is 300 g/mol. The average molecular weight is 319 g/mol. The van der Waals surface area contributed by atoms with Crippen molar-refractivity contribution in [1.29, 1.82) is 0 Å². The molecule has 0 saturated carbocycles. The van der Waals surface area contributed by atoms with Crippen molar-refractivity contribution in [2.45, 2.75) is 19.9 Å². The molecule has 0 bridgehead atoms. The fraction of sp³-hybridized carbons (Fsp3) is 0.188. The van der Waals surface area contributed by atoms with E-state index in [-0.39, 0.29) is 24.4 Å². The first kappa shape index (κ1) is 17.7. The van der Waals surface area contributed by atoms with Gasteiger partial charge in [-0.1, -0.05) is 12.1 Å². The van der Waals surface area contributed by atoms with Crippen LogP contribution in [0.15, 0.2) is 53.8 Å². The van der Waals surface area contributed by atoms with E-state index in [0.717, 1.165) is 5.56 Å². The zero-order valence-electron chi connectivity index (χ0n) is 12.5. The highest BCUT2D eigenvalue weighted by Crippen LogP contribution is 2.09. The van der Waals surface area contributed by atoms with Crippen LogP contribution >= 0.6 is 12.4 Å². The summed E-state index contributed by atoms with van der Waals surface area (Å²) in [5.74, 6) is 0.290. The minimum Gasteiger partial charge on any atom is -0.383 e. The van der Waals surface area contributed by atoms with Crippen LogP contribution in [0.25, 0.3) is 0 Å². The van der Waals surface area contributed by atoms with Gasteiger partial charge in [0.05, 0.1) is 11.9 Å². The summed E-state index contributed by atoms with van der Waals surface area (Å²) in [4.78, 5) is 20.3. The van der Waals surface area contributed by atoms with Crippen LogP contribution in [0.5, 0.6) is 0 Å². The number of aromatic nitrogens is 1. The number of benzene rings is 1. The number of nitrogens with one attached hydrogen (secondary N) is 1. The highest BCUT2D eigenvalue weighted by molar-refractivity contribution is 6.05. The molecule has 0 radical (unpaired) electrons. The number of amidine groups is 1. The van der Waals surface area contributed by atoms with Crippen LogP contribution < -0.4 is 11.1 Å². The molecule has 0 aliphatic carbocycles. The lowest BCUT2D eigenvalue weighted by atomic mass is 10.1. The third kappa shape index (κ3) is 4.86. The first-order valence-electron chi connectivity index (χ1n) is 6.71. The summed E-state index contributed by atoms with van der Waals surface area (Å²) in [5.41, 5.74) is 7.91. The largest absolute Gasteiger partial charge is 0.383 e. The van der Waals surface area contributed by atoms with Crippen LogP contribution in [-0.2, 0) is 0 Å². The first-order valence-corrected chi connectivity index (χ1v) is 6.71. The molecule has 5 nitrogen and oxygen atoms in total. The number of aliphatic imine (C=N–C) groups is 1. The fourth-order valence-electron chi connectivity index (χ4n) is 1.79. The molecule has 2 aromatic rings. The normalized spacial score (nSPS) is 11.0. The fourth-order valence-corrected chi connectivity index (χ4v) is 1.79. The summed E-state index contributed by atoms with van der Waals surface area (Å²) in [6, 6.07) is 10.7. The number of rotatable bonds is 4. The van der Waals surface area contributed by atoms with Gasteiger partial charge in [-0.3, -0.25) is 14.8 Å². The van der Waals surface area contributed by atoms with Gasteiger partial charge in [0.15, 0.2) is 0 Å². The van der Waals surface area contributed by atoms with E-state index in [1.165, 1.54) is 0 Å². The minimum atomic E-state index is -0.186. The second-order valence-electron chi connectivity index (χ2n) is 4.88. The number of hydrogen-bond donors (Lipinski definition) is 2. The Hall–Kier alpha value is -2.40. The molecule has 1 amide bonds. The van der Waals surface area contributed by atoms with Gasteiger partial charge < -0.3 is 11.1 Å². The number of carbonyl (C=O) groups excluding carboxylic acids is 1. The predicted molar refractivity (Wildman–Crippen MR) is 91.7 cm³/mol. The van der Waals surface area contributed by atoms with Gasteiger partial charge in [-0.25, -0.2) is 0 Å². The van der Waals surface area contributed by atoms with Gasteiger partial charge in [0, 0.05) is 23.4 Å². The van der Waals surface area contributed by atoms with E-state index in [1.807, 2.05) is 13.8 Å². The molecule has 2 rings (SSSR count). The number of nitrogens with two attached hydrogens (primary N) is 1. The van der Waals surface area contributed by atoms with Crippen LogP contribution in [0.3, 0.4) is 0 Å². The van der Waals surface area contributed by atoms with E-state index in [1.54, 1.807) is 48.8 Å². The number of nitrogens with zero attached hydrogens (tertiary/aromatic N) is 2. The molecule has 1 heterocycles. The van der Waals surface area contributed by atoms with E-state index >= 15 is 0 Å². The number of amides is 1. The third-order valence-corrected chi connectivity index (χ3v) is 2.76. The summed E-state index contributed by atoms with van der Waals surface area (Å²) in [7, 11) is 0. The quantitative estimate of drug-likeness (QED) is 0.672. The van der Waals surface area contributed by atoms with Crippen LogP contribution in [0, 0.1) is 0 Å². The van der Waals surface area contributed by atoms with Crippen molar-refractivity contribution in [1.82, 2.24) is 4.98 Å². The van der Waals surface area contributed by atoms with Gasteiger partial charge >= 0.3 is 0 Å². The Morgan fingerprint density at radius 3 is 2.36 bits per heavy atom. The molecule has 22 heavy (non-hydrogen) atoms. The molecule has 0 aliphatic rings. The lowest BCUT2D eigenvalue weighted by Gasteiger charge is -2.06. The van der Waals surface area contributed by atoms with Gasteiger partial charge in [0.25, 0.3) is 5.91 Å². The highest BCUT2D eigenvalue weighted by atomic mass is 35.5. The minimum absolute atomic E-state index is 0. The maximum Gasteiger partial charge on any atom is 0.255 e. The van der Waals surface area contributed by atoms with Crippen LogP contribution in [0.2, 0.25) is 0 Å². The Bertz CT molecular complexity index is 639. The van der Waals surface area contributed by atoms with Crippen LogP contribution in [-0.4, -0.2) is 22.8 Å². The summed E-state index contributed by atoms with van der Waals surface area (Å²) < 4.78 is 0. The molecule has 0 spiro atoms. The molecule has 116 valence electrons. The number of halogens is 1. The van der Waals surface area contributed by atoms with E-state index in [4.69, 9.17) is 5.73 Å². The Morgan fingerprint density at radius 1 is 1.18 bits per heavy atom. The Balaban J connectivity index is 0.00000242. The molecule has 1 aromatic heterocycles. The van der Waals surface area contributed by atoms with Gasteiger partial charge in [0.2, 0.25) is 0 Å². The molecule has 3 N–H and O–H groups in total. The van der Waals surface area contributed by atoms with E-state index in [2.05, 4.69) is 15.3 Å². The maximum atomic E-state index is 12.1.